The lowest BCUT2D eigenvalue weighted by Crippen LogP contribution is -2.55. The van der Waals surface area contributed by atoms with Gasteiger partial charge in [0.05, 0.1) is 80.7 Å². The maximum Gasteiger partial charge on any atom is 0.411 e. The van der Waals surface area contributed by atoms with E-state index in [9.17, 15) is 41.5 Å². The van der Waals surface area contributed by atoms with Crippen LogP contribution in [0.2, 0.25) is 0 Å². The number of hydrogen-bond donors (Lipinski definition) is 4. The van der Waals surface area contributed by atoms with Crippen LogP contribution in [-0.4, -0.2) is 165 Å². The van der Waals surface area contributed by atoms with E-state index in [0.29, 0.717) is 44.0 Å². The predicted octanol–water partition coefficient (Wildman–Crippen LogP) is 17.0. The summed E-state index contributed by atoms with van der Waals surface area (Å²) >= 11 is 0. The first kappa shape index (κ1) is 77.9. The molecule has 1 saturated carbocycles. The second-order valence-electron chi connectivity index (χ2n) is 32.9. The molecule has 23 nitrogen and oxygen atoms in total. The van der Waals surface area contributed by atoms with Gasteiger partial charge in [-0.15, -0.1) is 0 Å². The first-order chi connectivity index (χ1) is 54.1. The van der Waals surface area contributed by atoms with E-state index in [1.807, 2.05) is 69.7 Å². The Bertz CT molecular complexity index is 5070. The number of aliphatic imine (C=N–C) groups is 2. The van der Waals surface area contributed by atoms with Crippen LogP contribution in [0.25, 0.3) is 66.3 Å². The van der Waals surface area contributed by atoms with Crippen LogP contribution in [0.15, 0.2) is 107 Å². The number of alkyl carbamates (subject to hydrolysis) is 2. The van der Waals surface area contributed by atoms with Gasteiger partial charge >= 0.3 is 31.5 Å². The molecule has 6 aromatic carbocycles. The van der Waals surface area contributed by atoms with Crippen molar-refractivity contribution in [2.45, 2.75) is 207 Å². The highest BCUT2D eigenvalue weighted by molar-refractivity contribution is 6.08. The Balaban J connectivity index is 0.000000184. The number of alkyl halides is 4. The number of H-pyrrole nitrogens is 2. The van der Waals surface area contributed by atoms with Crippen LogP contribution in [0.5, 0.6) is 11.5 Å². The van der Waals surface area contributed by atoms with Crippen LogP contribution in [0.4, 0.5) is 43.3 Å². The van der Waals surface area contributed by atoms with Crippen molar-refractivity contribution in [1.29, 1.82) is 0 Å². The molecular weight excluding hydrogens is 1460 g/mol. The van der Waals surface area contributed by atoms with E-state index in [2.05, 4.69) is 120 Å². The van der Waals surface area contributed by atoms with Crippen LogP contribution in [0, 0.1) is 23.7 Å². The SMILES string of the molecule is COC(=O)N[C@H](C(=O)N1C[C@@H](COC(F)F)C[C@H]1c1ncc(-c2ccc3c(c2)COc2cc4c5c(ccc4cc2-3)N=C([C@@H]2CC[C@H](C)N2C(=O)[C@@H](NC(=O)OC)C(C)C)C5)[nH]1)C(C)C.C[C@H]1CC[C@@H](C2=Nc3ccc4cc5c(cc4c3C2)OCc2cc(-c3cnc([C@H]4CC[C@@H](COC(F)F)C4)[nH]3)ccc2-5)N1C(=O)OC(C)(C)C. The highest BCUT2D eigenvalue weighted by Crippen LogP contribution is 2.49. The molecule has 0 bridgehead atoms. The third-order valence-corrected chi connectivity index (χ3v) is 23.6. The number of nitrogens with one attached hydrogen (secondary N) is 4. The zero-order valence-corrected chi connectivity index (χ0v) is 65.5. The number of carbonyl (C=O) groups is 5. The van der Waals surface area contributed by atoms with Crippen molar-refractivity contribution in [3.8, 4) is 56.3 Å². The molecule has 113 heavy (non-hydrogen) atoms. The van der Waals surface area contributed by atoms with Gasteiger partial charge in [0.15, 0.2) is 0 Å². The summed E-state index contributed by atoms with van der Waals surface area (Å²) in [4.78, 5) is 97.2. The summed E-state index contributed by atoms with van der Waals surface area (Å²) in [6.07, 6.45) is 9.51. The van der Waals surface area contributed by atoms with E-state index in [4.69, 9.17) is 33.7 Å². The van der Waals surface area contributed by atoms with Crippen molar-refractivity contribution in [1.82, 2.24) is 45.3 Å². The Labute approximate surface area is 653 Å². The van der Waals surface area contributed by atoms with Crippen LogP contribution in [0.3, 0.4) is 0 Å². The van der Waals surface area contributed by atoms with E-state index in [-0.39, 0.29) is 91.4 Å². The van der Waals surface area contributed by atoms with Crippen LogP contribution in [0.1, 0.15) is 160 Å². The van der Waals surface area contributed by atoms with Crippen LogP contribution in [-0.2, 0) is 59.3 Å². The Morgan fingerprint density at radius 2 is 1.06 bits per heavy atom. The molecule has 4 fully saturated rings. The Hall–Kier alpha value is -10.4. The number of nitrogens with zero attached hydrogens (tertiary/aromatic N) is 7. The van der Waals surface area contributed by atoms with Crippen molar-refractivity contribution in [3.63, 3.8) is 0 Å². The minimum atomic E-state index is -2.94. The number of carbonyl (C=O) groups excluding carboxylic acids is 5. The lowest BCUT2D eigenvalue weighted by Gasteiger charge is -2.33. The molecule has 16 rings (SSSR count). The third-order valence-electron chi connectivity index (χ3n) is 23.6. The monoisotopic (exact) mass is 1550 g/mol. The number of fused-ring (bicyclic) bond motifs is 12. The number of rotatable bonds is 18. The number of imidazole rings is 2. The average Bonchev–Trinajstić information content (AvgIpc) is 1.73. The first-order valence-electron chi connectivity index (χ1n) is 39.2. The summed E-state index contributed by atoms with van der Waals surface area (Å²) in [5.74, 6) is 2.06. The quantitative estimate of drug-likeness (QED) is 0.0460. The summed E-state index contributed by atoms with van der Waals surface area (Å²) in [5.41, 5.74) is 15.3. The van der Waals surface area contributed by atoms with Gasteiger partial charge in [0.1, 0.15) is 54.0 Å². The second kappa shape index (κ2) is 31.9. The summed E-state index contributed by atoms with van der Waals surface area (Å²) in [6, 6.07) is 27.1. The minimum absolute atomic E-state index is 0.0120. The van der Waals surface area contributed by atoms with E-state index >= 15 is 0 Å². The number of aromatic nitrogens is 4. The zero-order valence-electron chi connectivity index (χ0n) is 65.5. The third kappa shape index (κ3) is 15.9. The summed E-state index contributed by atoms with van der Waals surface area (Å²) in [7, 11) is 2.51. The van der Waals surface area contributed by atoms with Crippen molar-refractivity contribution < 1.29 is 74.7 Å². The van der Waals surface area contributed by atoms with Crippen molar-refractivity contribution in [2.75, 3.05) is 34.0 Å². The molecule has 4 N–H and O–H groups in total. The molecule has 0 unspecified atom stereocenters. The fourth-order valence-corrected chi connectivity index (χ4v) is 17.9. The minimum Gasteiger partial charge on any atom is -0.488 e. The zero-order chi connectivity index (χ0) is 79.6. The maximum atomic E-state index is 14.0. The number of hydrogen-bond acceptors (Lipinski definition) is 16. The summed E-state index contributed by atoms with van der Waals surface area (Å²) in [5, 5.41) is 9.70. The Morgan fingerprint density at radius 3 is 1.58 bits per heavy atom. The lowest BCUT2D eigenvalue weighted by atomic mass is 9.90. The van der Waals surface area contributed by atoms with Gasteiger partial charge < -0.3 is 63.6 Å². The van der Waals surface area contributed by atoms with Gasteiger partial charge in [0.2, 0.25) is 11.8 Å². The maximum absolute atomic E-state index is 14.0. The number of halogens is 4. The molecule has 9 heterocycles. The van der Waals surface area contributed by atoms with Gasteiger partial charge in [0, 0.05) is 65.9 Å². The number of ether oxygens (including phenoxy) is 7. The topological polar surface area (TPSA) is 266 Å². The molecule has 8 aromatic rings. The van der Waals surface area contributed by atoms with E-state index in [1.54, 1.807) is 24.9 Å². The van der Waals surface area contributed by atoms with Crippen LogP contribution >= 0.6 is 0 Å². The molecule has 3 saturated heterocycles. The van der Waals surface area contributed by atoms with Crippen LogP contribution < -0.4 is 20.1 Å². The Kier molecular flexibility index (Phi) is 22.0. The molecule has 0 spiro atoms. The standard InChI is InChI=1S/C47H55F2N7O8.C39H42F2N4O4/c1-23(2)40(53-46(59)61-6)43(57)55-20-26(21-64-45(48)49)14-38(55)42-50-19-36(52-42)28-9-11-30-29(15-28)22-63-39-18-31-27(16-33(30)39)10-12-34-32(31)17-35(51-34)37-13-8-25(5)56(37)44(58)41(24(3)4)54-47(60)62-7;1-21-5-12-34(45(21)38(46)49-39(2,3)4)32-16-29-28-17-35-30(15-23(28)9-11-31(29)43-32)27-10-8-24(14-26(27)20-47-35)33-18-42-36(44-33)25-7-6-22(13-25)19-48-37(40)41/h9-12,15-16,18-19,23-26,37-38,40-41,45H,8,13-14,17,20-22H2,1-7H3,(H,50,52)(H,53,59)(H,54,60);8-11,14-15,17-18,21-22,25,34,37H,5-7,12-13,16,19-20H2,1-4H3,(H,42,44)/t25-,26-,37-,38-,40-,41-;21-,22+,25-,34-/m00/s1. The number of amides is 5. The van der Waals surface area contributed by atoms with E-state index in [0.717, 1.165) is 162 Å². The van der Waals surface area contributed by atoms with Gasteiger partial charge in [-0.3, -0.25) is 24.5 Å². The van der Waals surface area contributed by atoms with Gasteiger partial charge in [-0.25, -0.2) is 24.4 Å². The average molecular weight is 1550 g/mol. The number of benzene rings is 6. The van der Waals surface area contributed by atoms with Crippen molar-refractivity contribution in [2.24, 2.45) is 33.7 Å². The smallest absolute Gasteiger partial charge is 0.411 e. The van der Waals surface area contributed by atoms with Crippen molar-refractivity contribution >= 4 is 74.4 Å². The number of likely N-dealkylation sites (tertiary alicyclic amines) is 3. The molecule has 7 aliphatic heterocycles. The fraction of sp³-hybridized carbons (Fsp3) is 0.477. The first-order valence-corrected chi connectivity index (χ1v) is 39.2. The van der Waals surface area contributed by atoms with Gasteiger partial charge in [-0.2, -0.15) is 17.6 Å². The van der Waals surface area contributed by atoms with Crippen molar-refractivity contribution in [3.05, 3.63) is 131 Å². The van der Waals surface area contributed by atoms with E-state index < -0.39 is 49.1 Å². The summed E-state index contributed by atoms with van der Waals surface area (Å²) < 4.78 is 88.5. The highest BCUT2D eigenvalue weighted by Gasteiger charge is 2.46. The molecule has 2 aromatic heterocycles. The molecule has 5 amide bonds. The van der Waals surface area contributed by atoms with Gasteiger partial charge in [-0.1, -0.05) is 64.1 Å². The largest absolute Gasteiger partial charge is 0.488 e. The lowest BCUT2D eigenvalue weighted by molar-refractivity contribution is -0.140. The normalized spacial score (nSPS) is 21.9. The molecular formula is C86H97F4N11O12. The molecule has 1 aliphatic carbocycles. The predicted molar refractivity (Wildman–Crippen MR) is 419 cm³/mol. The fourth-order valence-electron chi connectivity index (χ4n) is 17.9. The number of methoxy groups -OCH3 is 2. The highest BCUT2D eigenvalue weighted by atomic mass is 19.3. The molecule has 10 atom stereocenters. The van der Waals surface area contributed by atoms with Gasteiger partial charge in [0.25, 0.3) is 0 Å². The second-order valence-corrected chi connectivity index (χ2v) is 32.9. The number of aromatic amines is 2. The molecule has 0 radical (unpaired) electrons. The molecule has 27 heteroatoms. The molecule has 596 valence electrons. The Morgan fingerprint density at radius 1 is 0.566 bits per heavy atom. The summed E-state index contributed by atoms with van der Waals surface area (Å²) in [6.45, 7) is 12.4. The van der Waals surface area contributed by atoms with Gasteiger partial charge in [-0.05, 0) is 218 Å². The van der Waals surface area contributed by atoms with E-state index in [1.165, 1.54) is 19.8 Å². The molecule has 8 aliphatic rings.